The van der Waals surface area contributed by atoms with Gasteiger partial charge in [0.2, 0.25) is 0 Å². The fourth-order valence-electron chi connectivity index (χ4n) is 4.55. The fraction of sp³-hybridized carbons (Fsp3) is 0.458. The highest BCUT2D eigenvalue weighted by Crippen LogP contribution is 2.24. The van der Waals surface area contributed by atoms with E-state index in [9.17, 15) is 4.79 Å². The van der Waals surface area contributed by atoms with E-state index in [1.165, 1.54) is 11.1 Å². The second kappa shape index (κ2) is 9.42. The van der Waals surface area contributed by atoms with Gasteiger partial charge in [-0.15, -0.1) is 0 Å². The summed E-state index contributed by atoms with van der Waals surface area (Å²) in [5, 5.41) is 6.38. The van der Waals surface area contributed by atoms with Crippen LogP contribution in [0.2, 0.25) is 0 Å². The van der Waals surface area contributed by atoms with Crippen LogP contribution in [0.1, 0.15) is 36.9 Å². The monoisotopic (exact) mass is 392 g/mol. The first-order valence-corrected chi connectivity index (χ1v) is 10.8. The van der Waals surface area contributed by atoms with Crippen molar-refractivity contribution in [2.45, 2.75) is 44.4 Å². The molecular weight excluding hydrogens is 360 g/mol. The molecule has 3 atom stereocenters. The first-order valence-electron chi connectivity index (χ1n) is 10.8. The molecule has 2 aliphatic heterocycles. The minimum Gasteiger partial charge on any atom is -0.334 e. The second-order valence-electron chi connectivity index (χ2n) is 8.39. The average molecular weight is 393 g/mol. The lowest BCUT2D eigenvalue weighted by Gasteiger charge is -2.25. The molecule has 0 aromatic heterocycles. The van der Waals surface area contributed by atoms with E-state index in [4.69, 9.17) is 0 Å². The van der Waals surface area contributed by atoms with Crippen molar-refractivity contribution in [3.63, 3.8) is 0 Å². The van der Waals surface area contributed by atoms with Crippen LogP contribution in [0.3, 0.4) is 0 Å². The molecule has 2 aromatic rings. The maximum atomic E-state index is 12.5. The lowest BCUT2D eigenvalue weighted by Crippen LogP contribution is -2.47. The van der Waals surface area contributed by atoms with Gasteiger partial charge in [0.05, 0.1) is 0 Å². The minimum absolute atomic E-state index is 0.0178. The van der Waals surface area contributed by atoms with Gasteiger partial charge in [-0.25, -0.2) is 4.79 Å². The zero-order chi connectivity index (χ0) is 20.1. The molecule has 2 aromatic carbocycles. The van der Waals surface area contributed by atoms with Crippen LogP contribution in [0.25, 0.3) is 0 Å². The predicted octanol–water partition coefficient (Wildman–Crippen LogP) is 3.40. The molecule has 2 heterocycles. The van der Waals surface area contributed by atoms with Gasteiger partial charge < -0.3 is 10.6 Å². The van der Waals surface area contributed by atoms with E-state index >= 15 is 0 Å². The highest BCUT2D eigenvalue weighted by atomic mass is 16.2. The summed E-state index contributed by atoms with van der Waals surface area (Å²) in [6.45, 7) is 7.09. The van der Waals surface area contributed by atoms with Crippen LogP contribution < -0.4 is 10.6 Å². The summed E-state index contributed by atoms with van der Waals surface area (Å²) in [6.07, 6.45) is 2.03. The minimum atomic E-state index is -0.0178. The van der Waals surface area contributed by atoms with Crippen molar-refractivity contribution in [3.05, 3.63) is 71.8 Å². The molecule has 0 bridgehead atoms. The molecule has 0 spiro atoms. The standard InChI is InChI=1S/C24H32N4O/c1-19(21-10-6-3-7-11-21)28-15-13-23(18-28)26-24(29)25-22-12-14-27(17-22)16-20-8-4-2-5-9-20/h2-11,19,22-23H,12-18H2,1H3,(H2,25,26,29). The summed E-state index contributed by atoms with van der Waals surface area (Å²) in [4.78, 5) is 17.4. The lowest BCUT2D eigenvalue weighted by molar-refractivity contribution is 0.228. The summed E-state index contributed by atoms with van der Waals surface area (Å²) in [5.41, 5.74) is 2.67. The number of benzene rings is 2. The van der Waals surface area contributed by atoms with Crippen LogP contribution in [0.4, 0.5) is 4.79 Å². The summed E-state index contributed by atoms with van der Waals surface area (Å²) >= 11 is 0. The molecule has 2 amide bonds. The Bertz CT molecular complexity index is 782. The summed E-state index contributed by atoms with van der Waals surface area (Å²) in [5.74, 6) is 0. The van der Waals surface area contributed by atoms with Crippen molar-refractivity contribution in [2.24, 2.45) is 0 Å². The zero-order valence-electron chi connectivity index (χ0n) is 17.3. The van der Waals surface area contributed by atoms with Crippen LogP contribution in [-0.2, 0) is 6.54 Å². The van der Waals surface area contributed by atoms with Gasteiger partial charge in [0.25, 0.3) is 0 Å². The van der Waals surface area contributed by atoms with E-state index in [-0.39, 0.29) is 18.1 Å². The van der Waals surface area contributed by atoms with E-state index < -0.39 is 0 Å². The largest absolute Gasteiger partial charge is 0.334 e. The number of nitrogens with zero attached hydrogens (tertiary/aromatic N) is 2. The van der Waals surface area contributed by atoms with E-state index in [1.54, 1.807) is 0 Å². The van der Waals surface area contributed by atoms with Gasteiger partial charge in [-0.3, -0.25) is 9.80 Å². The van der Waals surface area contributed by atoms with Crippen LogP contribution in [0.15, 0.2) is 60.7 Å². The number of rotatable bonds is 6. The third-order valence-electron chi connectivity index (χ3n) is 6.24. The molecule has 154 valence electrons. The van der Waals surface area contributed by atoms with E-state index in [0.29, 0.717) is 6.04 Å². The average Bonchev–Trinajstić information content (AvgIpc) is 3.38. The molecular formula is C24H32N4O. The molecule has 4 rings (SSSR count). The Balaban J connectivity index is 1.20. The summed E-state index contributed by atoms with van der Waals surface area (Å²) in [6, 6.07) is 22.0. The normalized spacial score (nSPS) is 23.8. The van der Waals surface area contributed by atoms with Crippen molar-refractivity contribution >= 4 is 6.03 Å². The predicted molar refractivity (Wildman–Crippen MR) is 117 cm³/mol. The topological polar surface area (TPSA) is 47.6 Å². The Morgan fingerprint density at radius 2 is 1.55 bits per heavy atom. The number of carbonyl (C=O) groups is 1. The molecule has 0 radical (unpaired) electrons. The number of likely N-dealkylation sites (tertiary alicyclic amines) is 2. The Hall–Kier alpha value is -2.37. The van der Waals surface area contributed by atoms with Crippen molar-refractivity contribution < 1.29 is 4.79 Å². The molecule has 29 heavy (non-hydrogen) atoms. The van der Waals surface area contributed by atoms with Crippen molar-refractivity contribution in [3.8, 4) is 0 Å². The van der Waals surface area contributed by atoms with Gasteiger partial charge in [-0.2, -0.15) is 0 Å². The first-order chi connectivity index (χ1) is 14.2. The Kier molecular flexibility index (Phi) is 6.47. The van der Waals surface area contributed by atoms with Crippen molar-refractivity contribution in [2.75, 3.05) is 26.2 Å². The van der Waals surface area contributed by atoms with Crippen molar-refractivity contribution in [1.82, 2.24) is 20.4 Å². The number of amides is 2. The molecule has 2 saturated heterocycles. The molecule has 2 aliphatic rings. The van der Waals surface area contributed by atoms with Gasteiger partial charge in [0.15, 0.2) is 0 Å². The molecule has 3 unspecified atom stereocenters. The van der Waals surface area contributed by atoms with Crippen LogP contribution in [0.5, 0.6) is 0 Å². The Morgan fingerprint density at radius 1 is 0.931 bits per heavy atom. The number of hydrogen-bond acceptors (Lipinski definition) is 3. The van der Waals surface area contributed by atoms with Gasteiger partial charge in [-0.05, 0) is 30.9 Å². The smallest absolute Gasteiger partial charge is 0.315 e. The molecule has 0 aliphatic carbocycles. The first kappa shape index (κ1) is 19.9. The Labute approximate surface area is 174 Å². The molecule has 2 N–H and O–H groups in total. The van der Waals surface area contributed by atoms with E-state index in [1.807, 2.05) is 6.07 Å². The Morgan fingerprint density at radius 3 is 2.28 bits per heavy atom. The molecule has 2 fully saturated rings. The number of hydrogen-bond donors (Lipinski definition) is 2. The third kappa shape index (κ3) is 5.37. The van der Waals surface area contributed by atoms with Crippen LogP contribution >= 0.6 is 0 Å². The van der Waals surface area contributed by atoms with Crippen LogP contribution in [-0.4, -0.2) is 54.1 Å². The molecule has 0 saturated carbocycles. The number of carbonyl (C=O) groups excluding carboxylic acids is 1. The van der Waals surface area contributed by atoms with E-state index in [0.717, 1.165) is 45.6 Å². The highest BCUT2D eigenvalue weighted by molar-refractivity contribution is 5.74. The zero-order valence-corrected chi connectivity index (χ0v) is 17.3. The van der Waals surface area contributed by atoms with Crippen LogP contribution in [0, 0.1) is 0 Å². The lowest BCUT2D eigenvalue weighted by atomic mass is 10.1. The third-order valence-corrected chi connectivity index (χ3v) is 6.24. The number of urea groups is 1. The quantitative estimate of drug-likeness (QED) is 0.792. The SMILES string of the molecule is CC(c1ccccc1)N1CCC(NC(=O)NC2CCN(Cc3ccccc3)C2)C1. The number of nitrogens with one attached hydrogen (secondary N) is 2. The van der Waals surface area contributed by atoms with Crippen molar-refractivity contribution in [1.29, 1.82) is 0 Å². The molecule has 5 heteroatoms. The molecule has 5 nitrogen and oxygen atoms in total. The summed E-state index contributed by atoms with van der Waals surface area (Å²) < 4.78 is 0. The maximum absolute atomic E-state index is 12.5. The maximum Gasteiger partial charge on any atom is 0.315 e. The van der Waals surface area contributed by atoms with Gasteiger partial charge in [0, 0.05) is 50.8 Å². The fourth-order valence-corrected chi connectivity index (χ4v) is 4.55. The highest BCUT2D eigenvalue weighted by Gasteiger charge is 2.29. The van der Waals surface area contributed by atoms with Gasteiger partial charge in [0.1, 0.15) is 0 Å². The van der Waals surface area contributed by atoms with E-state index in [2.05, 4.69) is 82.0 Å². The summed E-state index contributed by atoms with van der Waals surface area (Å²) in [7, 11) is 0. The van der Waals surface area contributed by atoms with Gasteiger partial charge in [-0.1, -0.05) is 60.7 Å². The van der Waals surface area contributed by atoms with Gasteiger partial charge >= 0.3 is 6.03 Å². The second-order valence-corrected chi connectivity index (χ2v) is 8.39.